The van der Waals surface area contributed by atoms with Crippen molar-refractivity contribution in [3.05, 3.63) is 17.5 Å². The maximum atomic E-state index is 12.9. The molecule has 3 aliphatic rings. The van der Waals surface area contributed by atoms with Gasteiger partial charge in [0.15, 0.2) is 0 Å². The molecule has 0 bridgehead atoms. The number of carbonyl (C=O) groups is 2. The first-order chi connectivity index (χ1) is 11.6. The molecular formula is C17H25N5O2. The van der Waals surface area contributed by atoms with Crippen LogP contribution in [0.3, 0.4) is 0 Å². The van der Waals surface area contributed by atoms with E-state index in [1.165, 1.54) is 12.8 Å². The number of aromatic nitrogens is 2. The number of aromatic amines is 1. The third-order valence-corrected chi connectivity index (χ3v) is 5.85. The highest BCUT2D eigenvalue weighted by molar-refractivity contribution is 5.92. The van der Waals surface area contributed by atoms with Crippen LogP contribution in [0.5, 0.6) is 0 Å². The van der Waals surface area contributed by atoms with Gasteiger partial charge in [-0.2, -0.15) is 5.10 Å². The summed E-state index contributed by atoms with van der Waals surface area (Å²) in [5, 5.41) is 10.2. The zero-order chi connectivity index (χ0) is 16.7. The van der Waals surface area contributed by atoms with Gasteiger partial charge in [-0.15, -0.1) is 0 Å². The van der Waals surface area contributed by atoms with Gasteiger partial charge >= 0.3 is 0 Å². The molecule has 2 saturated heterocycles. The van der Waals surface area contributed by atoms with Crippen LogP contribution >= 0.6 is 0 Å². The Morgan fingerprint density at radius 3 is 2.96 bits per heavy atom. The molecule has 1 unspecified atom stereocenters. The van der Waals surface area contributed by atoms with Gasteiger partial charge in [-0.05, 0) is 38.8 Å². The van der Waals surface area contributed by atoms with E-state index in [0.717, 1.165) is 25.1 Å². The van der Waals surface area contributed by atoms with E-state index in [1.807, 2.05) is 11.0 Å². The first-order valence-electron chi connectivity index (χ1n) is 8.90. The van der Waals surface area contributed by atoms with E-state index in [2.05, 4.69) is 27.5 Å². The molecule has 1 atom stereocenters. The van der Waals surface area contributed by atoms with Crippen molar-refractivity contribution < 1.29 is 9.59 Å². The summed E-state index contributed by atoms with van der Waals surface area (Å²) in [6, 6.07) is 1.92. The lowest BCUT2D eigenvalue weighted by Gasteiger charge is -2.49. The highest BCUT2D eigenvalue weighted by Gasteiger charge is 2.42. The molecule has 0 radical (unpaired) electrons. The molecule has 130 valence electrons. The maximum absolute atomic E-state index is 12.9. The maximum Gasteiger partial charge on any atom is 0.274 e. The molecule has 1 aliphatic carbocycles. The van der Waals surface area contributed by atoms with E-state index in [4.69, 9.17) is 0 Å². The number of rotatable bonds is 2. The van der Waals surface area contributed by atoms with Gasteiger partial charge in [0.1, 0.15) is 5.69 Å². The largest absolute Gasteiger partial charge is 0.356 e. The molecule has 24 heavy (non-hydrogen) atoms. The van der Waals surface area contributed by atoms with Crippen molar-refractivity contribution in [2.24, 2.45) is 0 Å². The highest BCUT2D eigenvalue weighted by Crippen LogP contribution is 2.39. The second kappa shape index (κ2) is 5.88. The summed E-state index contributed by atoms with van der Waals surface area (Å²) in [7, 11) is 2.11. The third kappa shape index (κ3) is 2.81. The predicted molar refractivity (Wildman–Crippen MR) is 88.7 cm³/mol. The lowest BCUT2D eigenvalue weighted by Crippen LogP contribution is -2.62. The summed E-state index contributed by atoms with van der Waals surface area (Å²) < 4.78 is 0. The van der Waals surface area contributed by atoms with Crippen LogP contribution in [-0.4, -0.2) is 70.6 Å². The average molecular weight is 331 g/mol. The minimum absolute atomic E-state index is 0.00848. The smallest absolute Gasteiger partial charge is 0.274 e. The number of nitrogens with one attached hydrogen (secondary N) is 2. The number of nitrogens with zero attached hydrogens (tertiary/aromatic N) is 3. The molecule has 7 nitrogen and oxygen atoms in total. The van der Waals surface area contributed by atoms with Crippen molar-refractivity contribution in [3.8, 4) is 0 Å². The van der Waals surface area contributed by atoms with Crippen LogP contribution in [0.15, 0.2) is 6.07 Å². The monoisotopic (exact) mass is 331 g/mol. The summed E-state index contributed by atoms with van der Waals surface area (Å²) in [5.41, 5.74) is 1.51. The molecule has 2 aliphatic heterocycles. The van der Waals surface area contributed by atoms with Crippen molar-refractivity contribution in [3.63, 3.8) is 0 Å². The first-order valence-corrected chi connectivity index (χ1v) is 8.90. The molecule has 1 aromatic heterocycles. The summed E-state index contributed by atoms with van der Waals surface area (Å²) >= 11 is 0. The van der Waals surface area contributed by atoms with E-state index in [0.29, 0.717) is 37.7 Å². The van der Waals surface area contributed by atoms with Gasteiger partial charge in [0.25, 0.3) is 5.91 Å². The van der Waals surface area contributed by atoms with Crippen molar-refractivity contribution in [1.29, 1.82) is 0 Å². The number of carbonyl (C=O) groups excluding carboxylic acids is 2. The van der Waals surface area contributed by atoms with Gasteiger partial charge in [0.2, 0.25) is 5.91 Å². The van der Waals surface area contributed by atoms with Crippen LogP contribution in [0.4, 0.5) is 0 Å². The standard InChI is InChI=1S/C17H25N5O2/c1-21-8-9-22(11-17(21)5-4-15(23)18-7-6-17)16(24)14-10-13(19-20-14)12-2-3-12/h10,12H,2-9,11H2,1H3,(H,18,23)(H,19,20). The van der Waals surface area contributed by atoms with E-state index in [9.17, 15) is 9.59 Å². The zero-order valence-corrected chi connectivity index (χ0v) is 14.2. The molecular weight excluding hydrogens is 306 g/mol. The molecule has 0 aromatic carbocycles. The van der Waals surface area contributed by atoms with E-state index in [1.54, 1.807) is 0 Å². The number of amides is 2. The van der Waals surface area contributed by atoms with Crippen LogP contribution in [0.1, 0.15) is 54.2 Å². The number of hydrogen-bond donors (Lipinski definition) is 2. The Morgan fingerprint density at radius 2 is 2.17 bits per heavy atom. The van der Waals surface area contributed by atoms with Crippen molar-refractivity contribution in [1.82, 2.24) is 25.3 Å². The molecule has 2 amide bonds. The van der Waals surface area contributed by atoms with Crippen molar-refractivity contribution in [2.45, 2.75) is 43.6 Å². The molecule has 1 aromatic rings. The van der Waals surface area contributed by atoms with Gasteiger partial charge in [0.05, 0.1) is 0 Å². The molecule has 1 saturated carbocycles. The molecule has 4 rings (SSSR count). The Balaban J connectivity index is 1.50. The van der Waals surface area contributed by atoms with Gasteiger partial charge < -0.3 is 10.2 Å². The van der Waals surface area contributed by atoms with Gasteiger partial charge in [-0.3, -0.25) is 19.6 Å². The summed E-state index contributed by atoms with van der Waals surface area (Å²) in [6.45, 7) is 2.90. The topological polar surface area (TPSA) is 81.3 Å². The molecule has 1 spiro atoms. The third-order valence-electron chi connectivity index (χ3n) is 5.85. The number of likely N-dealkylation sites (N-methyl/N-ethyl adjacent to an activating group) is 1. The summed E-state index contributed by atoms with van der Waals surface area (Å²) in [5.74, 6) is 0.691. The fourth-order valence-corrected chi connectivity index (χ4v) is 3.98. The van der Waals surface area contributed by atoms with Crippen molar-refractivity contribution in [2.75, 3.05) is 33.2 Å². The summed E-state index contributed by atoms with van der Waals surface area (Å²) in [4.78, 5) is 28.8. The zero-order valence-electron chi connectivity index (χ0n) is 14.2. The Kier molecular flexibility index (Phi) is 3.83. The molecule has 7 heteroatoms. The minimum atomic E-state index is -0.108. The molecule has 3 heterocycles. The van der Waals surface area contributed by atoms with Crippen LogP contribution in [-0.2, 0) is 4.79 Å². The Bertz CT molecular complexity index is 653. The number of hydrogen-bond acceptors (Lipinski definition) is 4. The van der Waals surface area contributed by atoms with Gasteiger partial charge in [0, 0.05) is 49.8 Å². The molecule has 3 fully saturated rings. The summed E-state index contributed by atoms with van der Waals surface area (Å²) in [6.07, 6.45) is 4.59. The van der Waals surface area contributed by atoms with Crippen LogP contribution in [0, 0.1) is 0 Å². The van der Waals surface area contributed by atoms with E-state index in [-0.39, 0.29) is 17.4 Å². The normalized spacial score (nSPS) is 28.7. The minimum Gasteiger partial charge on any atom is -0.356 e. The fraction of sp³-hybridized carbons (Fsp3) is 0.706. The molecule has 2 N–H and O–H groups in total. The second-order valence-corrected chi connectivity index (χ2v) is 7.46. The average Bonchev–Trinajstić information content (AvgIpc) is 3.34. The highest BCUT2D eigenvalue weighted by atomic mass is 16.2. The van der Waals surface area contributed by atoms with Gasteiger partial charge in [-0.1, -0.05) is 0 Å². The quantitative estimate of drug-likeness (QED) is 0.836. The van der Waals surface area contributed by atoms with Crippen LogP contribution < -0.4 is 5.32 Å². The van der Waals surface area contributed by atoms with Gasteiger partial charge in [-0.25, -0.2) is 0 Å². The predicted octanol–water partition coefficient (Wildman–Crippen LogP) is 0.714. The Labute approximate surface area is 141 Å². The van der Waals surface area contributed by atoms with Crippen molar-refractivity contribution >= 4 is 11.8 Å². The van der Waals surface area contributed by atoms with Crippen LogP contribution in [0.2, 0.25) is 0 Å². The lowest BCUT2D eigenvalue weighted by atomic mass is 9.86. The first kappa shape index (κ1) is 15.6. The Hall–Kier alpha value is -1.89. The Morgan fingerprint density at radius 1 is 1.33 bits per heavy atom. The second-order valence-electron chi connectivity index (χ2n) is 7.46. The van der Waals surface area contributed by atoms with E-state index >= 15 is 0 Å². The fourth-order valence-electron chi connectivity index (χ4n) is 3.98. The van der Waals surface area contributed by atoms with Crippen LogP contribution in [0.25, 0.3) is 0 Å². The lowest BCUT2D eigenvalue weighted by molar-refractivity contribution is -0.121. The van der Waals surface area contributed by atoms with E-state index < -0.39 is 0 Å². The number of piperazine rings is 1. The SMILES string of the molecule is CN1CCN(C(=O)c2cc(C3CC3)[nH]n2)CC12CCNC(=O)CC2. The number of H-pyrrole nitrogens is 1.